The summed E-state index contributed by atoms with van der Waals surface area (Å²) in [5.41, 5.74) is 1.01. The molecule has 0 radical (unpaired) electrons. The first-order chi connectivity index (χ1) is 17.3. The molecule has 0 spiro atoms. The molecule has 1 aliphatic heterocycles. The van der Waals surface area contributed by atoms with Gasteiger partial charge in [0, 0.05) is 37.3 Å². The average Bonchev–Trinajstić information content (AvgIpc) is 2.90. The zero-order valence-corrected chi connectivity index (χ0v) is 21.9. The van der Waals surface area contributed by atoms with Gasteiger partial charge < -0.3 is 33.5 Å². The second-order valence-corrected chi connectivity index (χ2v) is 8.99. The Hall–Kier alpha value is -3.46. The van der Waals surface area contributed by atoms with E-state index in [1.807, 2.05) is 0 Å². The molecule has 0 bridgehead atoms. The van der Waals surface area contributed by atoms with E-state index in [2.05, 4.69) is 13.8 Å². The number of hydrogen-bond acceptors (Lipinski definition) is 7. The highest BCUT2D eigenvalue weighted by molar-refractivity contribution is 5.96. The molecule has 9 nitrogen and oxygen atoms in total. The van der Waals surface area contributed by atoms with Crippen LogP contribution in [0.3, 0.4) is 0 Å². The summed E-state index contributed by atoms with van der Waals surface area (Å²) in [6, 6.07) is 10.4. The molecule has 36 heavy (non-hydrogen) atoms. The van der Waals surface area contributed by atoms with Gasteiger partial charge in [-0.05, 0) is 42.3 Å². The van der Waals surface area contributed by atoms with Gasteiger partial charge in [0.1, 0.15) is 5.75 Å². The molecule has 3 rings (SSSR count). The molecule has 1 unspecified atom stereocenters. The van der Waals surface area contributed by atoms with Gasteiger partial charge in [-0.2, -0.15) is 0 Å². The van der Waals surface area contributed by atoms with Crippen LogP contribution in [0.25, 0.3) is 0 Å². The van der Waals surface area contributed by atoms with Crippen LogP contribution in [-0.2, 0) is 4.74 Å². The van der Waals surface area contributed by atoms with E-state index in [9.17, 15) is 9.59 Å². The molecule has 0 aliphatic carbocycles. The smallest absolute Gasteiger partial charge is 0.254 e. The second-order valence-electron chi connectivity index (χ2n) is 8.99. The summed E-state index contributed by atoms with van der Waals surface area (Å²) in [7, 11) is 6.14. The van der Waals surface area contributed by atoms with Crippen molar-refractivity contribution >= 4 is 11.8 Å². The van der Waals surface area contributed by atoms with Gasteiger partial charge in [0.05, 0.1) is 41.2 Å². The van der Waals surface area contributed by atoms with Crippen molar-refractivity contribution in [3.05, 3.63) is 47.5 Å². The van der Waals surface area contributed by atoms with Crippen molar-refractivity contribution in [2.45, 2.75) is 20.0 Å². The van der Waals surface area contributed by atoms with Crippen molar-refractivity contribution in [1.82, 2.24) is 9.80 Å². The minimum absolute atomic E-state index is 0.0719. The van der Waals surface area contributed by atoms with Crippen LogP contribution in [0.4, 0.5) is 0 Å². The lowest BCUT2D eigenvalue weighted by Crippen LogP contribution is -2.51. The molecule has 1 aliphatic rings. The van der Waals surface area contributed by atoms with Gasteiger partial charge in [0.2, 0.25) is 5.75 Å². The van der Waals surface area contributed by atoms with Gasteiger partial charge in [-0.15, -0.1) is 0 Å². The minimum Gasteiger partial charge on any atom is -0.497 e. The largest absolute Gasteiger partial charge is 0.497 e. The zero-order chi connectivity index (χ0) is 26.2. The van der Waals surface area contributed by atoms with E-state index in [1.54, 1.807) is 53.3 Å². The number of carbonyl (C=O) groups excluding carboxylic acids is 2. The summed E-state index contributed by atoms with van der Waals surface area (Å²) in [4.78, 5) is 30.2. The average molecular weight is 501 g/mol. The number of ether oxygens (including phenoxy) is 5. The Morgan fingerprint density at radius 3 is 2.14 bits per heavy atom. The lowest BCUT2D eigenvalue weighted by Gasteiger charge is -2.36. The maximum atomic E-state index is 13.6. The molecule has 9 heteroatoms. The third-order valence-corrected chi connectivity index (χ3v) is 5.97. The molecule has 2 aromatic carbocycles. The predicted molar refractivity (Wildman–Crippen MR) is 135 cm³/mol. The molecule has 2 amide bonds. The van der Waals surface area contributed by atoms with Gasteiger partial charge in [0.15, 0.2) is 11.5 Å². The van der Waals surface area contributed by atoms with Crippen LogP contribution in [0.5, 0.6) is 23.0 Å². The first-order valence-electron chi connectivity index (χ1n) is 11.9. The molecule has 0 N–H and O–H groups in total. The van der Waals surface area contributed by atoms with Crippen molar-refractivity contribution < 1.29 is 33.3 Å². The highest BCUT2D eigenvalue weighted by Crippen LogP contribution is 2.38. The van der Waals surface area contributed by atoms with E-state index < -0.39 is 0 Å². The zero-order valence-electron chi connectivity index (χ0n) is 21.9. The predicted octanol–water partition coefficient (Wildman–Crippen LogP) is 3.36. The number of amides is 2. The van der Waals surface area contributed by atoms with E-state index in [0.717, 1.165) is 0 Å². The SMILES string of the molecule is COc1ccc(C(=O)N2CCOC(CN(CC(C)C)C(=O)c3cc(OC)c(OC)c(OC)c3)C2)cc1. The fraction of sp³-hybridized carbons (Fsp3) is 0.481. The van der Waals surface area contributed by atoms with Gasteiger partial charge in [-0.1, -0.05) is 13.8 Å². The number of hydrogen-bond donors (Lipinski definition) is 0. The Labute approximate surface area is 212 Å². The van der Waals surface area contributed by atoms with Crippen LogP contribution in [0, 0.1) is 5.92 Å². The highest BCUT2D eigenvalue weighted by atomic mass is 16.5. The van der Waals surface area contributed by atoms with Gasteiger partial charge >= 0.3 is 0 Å². The van der Waals surface area contributed by atoms with E-state index in [0.29, 0.717) is 66.9 Å². The number of rotatable bonds is 10. The van der Waals surface area contributed by atoms with Crippen LogP contribution in [0.15, 0.2) is 36.4 Å². The fourth-order valence-corrected chi connectivity index (χ4v) is 4.24. The molecular formula is C27H36N2O7. The second kappa shape index (κ2) is 12.5. The van der Waals surface area contributed by atoms with Crippen molar-refractivity contribution in [1.29, 1.82) is 0 Å². The van der Waals surface area contributed by atoms with Crippen LogP contribution in [-0.4, -0.2) is 88.9 Å². The molecule has 1 saturated heterocycles. The summed E-state index contributed by atoms with van der Waals surface area (Å²) < 4.78 is 27.4. The summed E-state index contributed by atoms with van der Waals surface area (Å²) in [6.07, 6.45) is -0.314. The number of morpholine rings is 1. The van der Waals surface area contributed by atoms with Crippen molar-refractivity contribution in [2.24, 2.45) is 5.92 Å². The van der Waals surface area contributed by atoms with Gasteiger partial charge in [-0.25, -0.2) is 0 Å². The van der Waals surface area contributed by atoms with Crippen molar-refractivity contribution in [3.63, 3.8) is 0 Å². The number of benzene rings is 2. The Morgan fingerprint density at radius 2 is 1.61 bits per heavy atom. The number of carbonyl (C=O) groups is 2. The monoisotopic (exact) mass is 500 g/mol. The molecule has 0 saturated carbocycles. The lowest BCUT2D eigenvalue weighted by molar-refractivity contribution is -0.0340. The fourth-order valence-electron chi connectivity index (χ4n) is 4.24. The Kier molecular flexibility index (Phi) is 9.41. The summed E-state index contributed by atoms with van der Waals surface area (Å²) in [6.45, 7) is 6.27. The highest BCUT2D eigenvalue weighted by Gasteiger charge is 2.29. The van der Waals surface area contributed by atoms with Gasteiger partial charge in [0.25, 0.3) is 11.8 Å². The van der Waals surface area contributed by atoms with Crippen LogP contribution < -0.4 is 18.9 Å². The topological polar surface area (TPSA) is 86.8 Å². The van der Waals surface area contributed by atoms with Crippen LogP contribution in [0.1, 0.15) is 34.6 Å². The van der Waals surface area contributed by atoms with E-state index in [4.69, 9.17) is 23.7 Å². The number of nitrogens with zero attached hydrogens (tertiary/aromatic N) is 2. The summed E-state index contributed by atoms with van der Waals surface area (Å²) in [5.74, 6) is 1.93. The summed E-state index contributed by atoms with van der Waals surface area (Å²) in [5, 5.41) is 0. The molecule has 1 heterocycles. The van der Waals surface area contributed by atoms with E-state index in [1.165, 1.54) is 21.3 Å². The van der Waals surface area contributed by atoms with E-state index in [-0.39, 0.29) is 23.8 Å². The standard InChI is InChI=1S/C27H36N2O7/c1-18(2)15-29(27(31)20-13-23(33-4)25(35-6)24(14-20)34-5)17-22-16-28(11-12-36-22)26(30)19-7-9-21(32-3)10-8-19/h7-10,13-14,18,22H,11-12,15-17H2,1-6H3. The Balaban J connectivity index is 1.78. The molecule has 196 valence electrons. The third kappa shape index (κ3) is 6.40. The summed E-state index contributed by atoms with van der Waals surface area (Å²) >= 11 is 0. The maximum absolute atomic E-state index is 13.6. The minimum atomic E-state index is -0.314. The van der Waals surface area contributed by atoms with E-state index >= 15 is 0 Å². The molecule has 2 aromatic rings. The molecular weight excluding hydrogens is 464 g/mol. The van der Waals surface area contributed by atoms with Gasteiger partial charge in [-0.3, -0.25) is 9.59 Å². The first-order valence-corrected chi connectivity index (χ1v) is 11.9. The first kappa shape index (κ1) is 27.1. The lowest BCUT2D eigenvalue weighted by atomic mass is 10.1. The normalized spacial score (nSPS) is 15.4. The maximum Gasteiger partial charge on any atom is 0.254 e. The van der Waals surface area contributed by atoms with Crippen molar-refractivity contribution in [2.75, 3.05) is 61.2 Å². The Morgan fingerprint density at radius 1 is 0.972 bits per heavy atom. The molecule has 1 fully saturated rings. The quantitative estimate of drug-likeness (QED) is 0.494. The van der Waals surface area contributed by atoms with Crippen LogP contribution >= 0.6 is 0 Å². The Bertz CT molecular complexity index is 1010. The molecule has 1 atom stereocenters. The third-order valence-electron chi connectivity index (χ3n) is 5.97. The van der Waals surface area contributed by atoms with Crippen LogP contribution in [0.2, 0.25) is 0 Å². The van der Waals surface area contributed by atoms with Crippen molar-refractivity contribution in [3.8, 4) is 23.0 Å². The number of methoxy groups -OCH3 is 4. The molecule has 0 aromatic heterocycles.